The van der Waals surface area contributed by atoms with E-state index in [2.05, 4.69) is 6.92 Å². The molecule has 1 heteroatoms. The van der Waals surface area contributed by atoms with Gasteiger partial charge in [0.2, 0.25) is 0 Å². The van der Waals surface area contributed by atoms with Crippen molar-refractivity contribution in [2.45, 2.75) is 44.6 Å². The molecule has 3 atom stereocenters. The summed E-state index contributed by atoms with van der Waals surface area (Å²) in [4.78, 5) is 0. The van der Waals surface area contributed by atoms with Crippen LogP contribution in [0.15, 0.2) is 0 Å². The first kappa shape index (κ1) is 6.66. The Morgan fingerprint density at radius 3 is 2.60 bits per heavy atom. The smallest absolute Gasteiger partial charge is 0.0676 e. The normalized spacial score (nSPS) is 52.2. The Bertz CT molecular complexity index is 144. The van der Waals surface area contributed by atoms with Crippen molar-refractivity contribution in [2.24, 2.45) is 11.8 Å². The third kappa shape index (κ3) is 0.731. The summed E-state index contributed by atoms with van der Waals surface area (Å²) in [6, 6.07) is 0. The van der Waals surface area contributed by atoms with E-state index in [9.17, 15) is 5.11 Å². The van der Waals surface area contributed by atoms with Gasteiger partial charge in [0.25, 0.3) is 0 Å². The van der Waals surface area contributed by atoms with Crippen molar-refractivity contribution < 1.29 is 5.11 Å². The largest absolute Gasteiger partial charge is 0.390 e. The van der Waals surface area contributed by atoms with Crippen molar-refractivity contribution in [3.8, 4) is 0 Å². The van der Waals surface area contributed by atoms with Crippen LogP contribution < -0.4 is 0 Å². The molecule has 0 radical (unpaired) electrons. The third-order valence-electron chi connectivity index (χ3n) is 3.56. The van der Waals surface area contributed by atoms with Crippen LogP contribution in [0.2, 0.25) is 0 Å². The molecule has 2 aliphatic rings. The summed E-state index contributed by atoms with van der Waals surface area (Å²) in [7, 11) is 0. The summed E-state index contributed by atoms with van der Waals surface area (Å²) in [5.74, 6) is 1.53. The maximum absolute atomic E-state index is 9.99. The molecule has 0 aliphatic heterocycles. The molecule has 0 heterocycles. The summed E-state index contributed by atoms with van der Waals surface area (Å²) in [5.41, 5.74) is -0.247. The van der Waals surface area contributed by atoms with E-state index >= 15 is 0 Å². The van der Waals surface area contributed by atoms with Gasteiger partial charge in [-0.2, -0.15) is 0 Å². The second-order valence-electron chi connectivity index (χ2n) is 4.04. The highest BCUT2D eigenvalue weighted by Crippen LogP contribution is 2.51. The van der Waals surface area contributed by atoms with Crippen LogP contribution in [0.5, 0.6) is 0 Å². The van der Waals surface area contributed by atoms with Crippen LogP contribution in [0.25, 0.3) is 0 Å². The first-order valence-electron chi connectivity index (χ1n) is 4.47. The van der Waals surface area contributed by atoms with E-state index in [4.69, 9.17) is 0 Å². The van der Waals surface area contributed by atoms with Gasteiger partial charge in [0.1, 0.15) is 0 Å². The van der Waals surface area contributed by atoms with Gasteiger partial charge in [-0.3, -0.25) is 0 Å². The van der Waals surface area contributed by atoms with Gasteiger partial charge in [-0.25, -0.2) is 0 Å². The van der Waals surface area contributed by atoms with Gasteiger partial charge in [0, 0.05) is 0 Å². The minimum Gasteiger partial charge on any atom is -0.390 e. The summed E-state index contributed by atoms with van der Waals surface area (Å²) >= 11 is 0. The van der Waals surface area contributed by atoms with Gasteiger partial charge >= 0.3 is 0 Å². The molecule has 2 aliphatic carbocycles. The lowest BCUT2D eigenvalue weighted by atomic mass is 9.82. The maximum atomic E-state index is 9.99. The van der Waals surface area contributed by atoms with E-state index in [1.54, 1.807) is 0 Å². The number of fused-ring (bicyclic) bond motifs is 2. The molecule has 0 unspecified atom stereocenters. The molecule has 1 nitrogen and oxygen atoms in total. The fourth-order valence-corrected chi connectivity index (χ4v) is 2.85. The molecule has 58 valence electrons. The van der Waals surface area contributed by atoms with Gasteiger partial charge in [-0.05, 0) is 43.9 Å². The Kier molecular flexibility index (Phi) is 1.31. The minimum absolute atomic E-state index is 0.247. The predicted octanol–water partition coefficient (Wildman–Crippen LogP) is 1.95. The number of hydrogen-bond donors (Lipinski definition) is 1. The molecule has 0 saturated heterocycles. The van der Waals surface area contributed by atoms with E-state index in [1.807, 2.05) is 0 Å². The van der Waals surface area contributed by atoms with E-state index in [-0.39, 0.29) is 5.60 Å². The lowest BCUT2D eigenvalue weighted by Gasteiger charge is -2.31. The highest BCUT2D eigenvalue weighted by atomic mass is 16.3. The molecule has 2 bridgehead atoms. The lowest BCUT2D eigenvalue weighted by Crippen LogP contribution is -2.33. The Balaban J connectivity index is 2.14. The average Bonchev–Trinajstić information content (AvgIpc) is 2.46. The predicted molar refractivity (Wildman–Crippen MR) is 40.7 cm³/mol. The van der Waals surface area contributed by atoms with Gasteiger partial charge < -0.3 is 5.11 Å². The van der Waals surface area contributed by atoms with Crippen LogP contribution in [-0.2, 0) is 0 Å². The fourth-order valence-electron chi connectivity index (χ4n) is 2.85. The third-order valence-corrected chi connectivity index (χ3v) is 3.56. The quantitative estimate of drug-likeness (QED) is 0.590. The highest BCUT2D eigenvalue weighted by Gasteiger charge is 2.48. The summed E-state index contributed by atoms with van der Waals surface area (Å²) in [6.45, 7) is 2.11. The van der Waals surface area contributed by atoms with Gasteiger partial charge in [0.15, 0.2) is 0 Å². The molecule has 0 spiro atoms. The van der Waals surface area contributed by atoms with Crippen molar-refractivity contribution in [3.05, 3.63) is 0 Å². The first-order valence-corrected chi connectivity index (χ1v) is 4.47. The fraction of sp³-hybridized carbons (Fsp3) is 1.00. The molecular weight excluding hydrogens is 124 g/mol. The summed E-state index contributed by atoms with van der Waals surface area (Å²) < 4.78 is 0. The number of rotatable bonds is 1. The Morgan fingerprint density at radius 2 is 2.30 bits per heavy atom. The molecule has 0 aromatic heterocycles. The molecular formula is C9H16O. The average molecular weight is 140 g/mol. The zero-order valence-corrected chi connectivity index (χ0v) is 6.64. The SMILES string of the molecule is CC[C@]1(O)C[C@H]2CC[C@@H]1C2. The van der Waals surface area contributed by atoms with Crippen LogP contribution in [0, 0.1) is 11.8 Å². The molecule has 0 aromatic carbocycles. The molecule has 0 amide bonds. The minimum atomic E-state index is -0.247. The van der Waals surface area contributed by atoms with Crippen molar-refractivity contribution in [1.82, 2.24) is 0 Å². The van der Waals surface area contributed by atoms with Crippen molar-refractivity contribution in [3.63, 3.8) is 0 Å². The van der Waals surface area contributed by atoms with Gasteiger partial charge in [-0.1, -0.05) is 6.92 Å². The monoisotopic (exact) mass is 140 g/mol. The van der Waals surface area contributed by atoms with Crippen LogP contribution in [0.4, 0.5) is 0 Å². The van der Waals surface area contributed by atoms with E-state index < -0.39 is 0 Å². The van der Waals surface area contributed by atoms with E-state index in [0.29, 0.717) is 5.92 Å². The van der Waals surface area contributed by atoms with Crippen LogP contribution in [0.3, 0.4) is 0 Å². The van der Waals surface area contributed by atoms with E-state index in [1.165, 1.54) is 19.3 Å². The molecule has 10 heavy (non-hydrogen) atoms. The summed E-state index contributed by atoms with van der Waals surface area (Å²) in [5, 5.41) is 9.99. The van der Waals surface area contributed by atoms with Crippen LogP contribution in [0.1, 0.15) is 39.0 Å². The van der Waals surface area contributed by atoms with Crippen molar-refractivity contribution >= 4 is 0 Å². The number of aliphatic hydroxyl groups is 1. The second-order valence-corrected chi connectivity index (χ2v) is 4.04. The zero-order chi connectivity index (χ0) is 7.19. The molecule has 2 fully saturated rings. The zero-order valence-electron chi connectivity index (χ0n) is 6.64. The highest BCUT2D eigenvalue weighted by molar-refractivity contribution is 5.00. The van der Waals surface area contributed by atoms with Crippen LogP contribution in [-0.4, -0.2) is 10.7 Å². The Labute approximate surface area is 62.4 Å². The van der Waals surface area contributed by atoms with Crippen molar-refractivity contribution in [1.29, 1.82) is 0 Å². The van der Waals surface area contributed by atoms with Crippen molar-refractivity contribution in [2.75, 3.05) is 0 Å². The maximum Gasteiger partial charge on any atom is 0.0676 e. The Morgan fingerprint density at radius 1 is 1.50 bits per heavy atom. The lowest BCUT2D eigenvalue weighted by molar-refractivity contribution is -0.0162. The second kappa shape index (κ2) is 1.97. The molecule has 2 saturated carbocycles. The van der Waals surface area contributed by atoms with Gasteiger partial charge in [-0.15, -0.1) is 0 Å². The molecule has 0 aromatic rings. The standard InChI is InChI=1S/C9H16O/c1-2-9(10)6-7-3-4-8(9)5-7/h7-8,10H,2-6H2,1H3/t7-,8+,9-/m0/s1. The van der Waals surface area contributed by atoms with Crippen LogP contribution >= 0.6 is 0 Å². The molecule has 2 rings (SSSR count). The van der Waals surface area contributed by atoms with E-state index in [0.717, 1.165) is 18.8 Å². The Hall–Kier alpha value is -0.0400. The van der Waals surface area contributed by atoms with Gasteiger partial charge in [0.05, 0.1) is 5.60 Å². The molecule has 1 N–H and O–H groups in total. The first-order chi connectivity index (χ1) is 4.74. The summed E-state index contributed by atoms with van der Waals surface area (Å²) in [6.07, 6.45) is 6.04. The topological polar surface area (TPSA) is 20.2 Å². The number of hydrogen-bond acceptors (Lipinski definition) is 1.